The lowest BCUT2D eigenvalue weighted by atomic mass is 9.82. The zero-order valence-electron chi connectivity index (χ0n) is 13.4. The molecule has 2 rings (SSSR count). The first-order chi connectivity index (χ1) is 9.63. The van der Waals surface area contributed by atoms with Crippen LogP contribution in [0.1, 0.15) is 40.5 Å². The number of carboxylic acid groups (broad SMARTS) is 1. The maximum Gasteiger partial charge on any atom is 0.320 e. The minimum atomic E-state index is -0.832. The second kappa shape index (κ2) is 5.48. The van der Waals surface area contributed by atoms with Crippen molar-refractivity contribution in [3.63, 3.8) is 0 Å². The second-order valence-corrected chi connectivity index (χ2v) is 7.24. The number of carboxylic acids is 1. The van der Waals surface area contributed by atoms with Gasteiger partial charge >= 0.3 is 12.0 Å². The molecule has 21 heavy (non-hydrogen) atoms. The molecular formula is C15H26N2O4. The Bertz CT molecular complexity index is 437. The fourth-order valence-corrected chi connectivity index (χ4v) is 3.38. The average Bonchev–Trinajstić information content (AvgIpc) is 2.35. The summed E-state index contributed by atoms with van der Waals surface area (Å²) in [6.07, 6.45) is 1.35. The molecule has 0 aromatic heterocycles. The number of piperidine rings is 1. The summed E-state index contributed by atoms with van der Waals surface area (Å²) in [4.78, 5) is 27.6. The first-order valence-electron chi connectivity index (χ1n) is 7.58. The molecule has 6 heteroatoms. The van der Waals surface area contributed by atoms with Gasteiger partial charge in [-0.3, -0.25) is 4.79 Å². The number of rotatable bonds is 1. The van der Waals surface area contributed by atoms with Crippen LogP contribution in [-0.4, -0.2) is 64.8 Å². The number of carbonyl (C=O) groups is 2. The maximum absolute atomic E-state index is 12.7. The molecule has 0 saturated carbocycles. The summed E-state index contributed by atoms with van der Waals surface area (Å²) in [5, 5.41) is 9.36. The van der Waals surface area contributed by atoms with E-state index >= 15 is 0 Å². The average molecular weight is 298 g/mol. The fourth-order valence-electron chi connectivity index (χ4n) is 3.38. The van der Waals surface area contributed by atoms with Crippen LogP contribution in [0.2, 0.25) is 0 Å². The Balaban J connectivity index is 2.07. The van der Waals surface area contributed by atoms with E-state index in [4.69, 9.17) is 4.74 Å². The molecule has 6 nitrogen and oxygen atoms in total. The van der Waals surface area contributed by atoms with Crippen LogP contribution in [0.5, 0.6) is 0 Å². The van der Waals surface area contributed by atoms with Crippen LogP contribution in [0.3, 0.4) is 0 Å². The smallest absolute Gasteiger partial charge is 0.320 e. The number of amides is 2. The van der Waals surface area contributed by atoms with Crippen molar-refractivity contribution in [1.29, 1.82) is 0 Å². The van der Waals surface area contributed by atoms with Crippen LogP contribution in [0, 0.1) is 5.41 Å². The van der Waals surface area contributed by atoms with Crippen molar-refractivity contribution in [3.05, 3.63) is 0 Å². The molecule has 0 aliphatic carbocycles. The van der Waals surface area contributed by atoms with E-state index in [-0.39, 0.29) is 24.3 Å². The second-order valence-electron chi connectivity index (χ2n) is 7.24. The highest BCUT2D eigenvalue weighted by Gasteiger charge is 2.42. The Morgan fingerprint density at radius 2 is 1.86 bits per heavy atom. The number of nitrogens with zero attached hydrogens (tertiary/aromatic N) is 2. The minimum absolute atomic E-state index is 0.00616. The molecule has 0 aromatic rings. The number of hydrogen-bond donors (Lipinski definition) is 1. The fraction of sp³-hybridized carbons (Fsp3) is 0.867. The molecule has 2 aliphatic heterocycles. The number of ether oxygens (including phenoxy) is 1. The lowest BCUT2D eigenvalue weighted by Crippen LogP contribution is -2.59. The van der Waals surface area contributed by atoms with E-state index < -0.39 is 11.4 Å². The predicted molar refractivity (Wildman–Crippen MR) is 78.1 cm³/mol. The van der Waals surface area contributed by atoms with E-state index in [1.54, 1.807) is 16.7 Å². The SMILES string of the molecule is CC1CN(C(=O)N2CCCC(C)(C(=O)O)C2)CC(C)(C)O1. The quantitative estimate of drug-likeness (QED) is 0.801. The van der Waals surface area contributed by atoms with E-state index in [1.165, 1.54) is 0 Å². The van der Waals surface area contributed by atoms with Gasteiger partial charge in [-0.25, -0.2) is 4.79 Å². The van der Waals surface area contributed by atoms with Crippen molar-refractivity contribution in [1.82, 2.24) is 9.80 Å². The van der Waals surface area contributed by atoms with Crippen molar-refractivity contribution >= 4 is 12.0 Å². The number of morpholine rings is 1. The number of hydrogen-bond acceptors (Lipinski definition) is 3. The largest absolute Gasteiger partial charge is 0.481 e. The van der Waals surface area contributed by atoms with E-state index in [2.05, 4.69) is 0 Å². The van der Waals surface area contributed by atoms with Crippen molar-refractivity contribution < 1.29 is 19.4 Å². The molecule has 0 bridgehead atoms. The molecule has 2 amide bonds. The van der Waals surface area contributed by atoms with E-state index in [9.17, 15) is 14.7 Å². The van der Waals surface area contributed by atoms with Crippen LogP contribution >= 0.6 is 0 Å². The van der Waals surface area contributed by atoms with Crippen LogP contribution < -0.4 is 0 Å². The Kier molecular flexibility index (Phi) is 4.19. The minimum Gasteiger partial charge on any atom is -0.481 e. The molecular weight excluding hydrogens is 272 g/mol. The topological polar surface area (TPSA) is 70.1 Å². The third kappa shape index (κ3) is 3.48. The third-order valence-corrected chi connectivity index (χ3v) is 4.32. The van der Waals surface area contributed by atoms with Gasteiger partial charge in [0, 0.05) is 19.6 Å². The number of likely N-dealkylation sites (tertiary alicyclic amines) is 1. The molecule has 2 atom stereocenters. The summed E-state index contributed by atoms with van der Waals surface area (Å²) in [6, 6.07) is -0.0644. The van der Waals surface area contributed by atoms with Gasteiger partial charge in [-0.1, -0.05) is 0 Å². The normalized spacial score (nSPS) is 32.9. The van der Waals surface area contributed by atoms with Gasteiger partial charge in [0.25, 0.3) is 0 Å². The molecule has 2 fully saturated rings. The summed E-state index contributed by atoms with van der Waals surface area (Å²) in [5.74, 6) is -0.823. The Labute approximate surface area is 126 Å². The Morgan fingerprint density at radius 1 is 1.19 bits per heavy atom. The predicted octanol–water partition coefficient (Wildman–Crippen LogP) is 1.79. The van der Waals surface area contributed by atoms with Crippen LogP contribution in [0.4, 0.5) is 4.79 Å². The van der Waals surface area contributed by atoms with Gasteiger partial charge in [0.2, 0.25) is 0 Å². The third-order valence-electron chi connectivity index (χ3n) is 4.32. The highest BCUT2D eigenvalue weighted by Crippen LogP contribution is 2.31. The molecule has 2 heterocycles. The van der Waals surface area contributed by atoms with E-state index in [1.807, 2.05) is 20.8 Å². The number of carbonyl (C=O) groups excluding carboxylic acids is 1. The van der Waals surface area contributed by atoms with Gasteiger partial charge in [-0.2, -0.15) is 0 Å². The molecule has 120 valence electrons. The maximum atomic E-state index is 12.7. The zero-order valence-corrected chi connectivity index (χ0v) is 13.4. The Hall–Kier alpha value is -1.30. The van der Waals surface area contributed by atoms with E-state index in [0.717, 1.165) is 6.42 Å². The van der Waals surface area contributed by atoms with Gasteiger partial charge in [0.15, 0.2) is 0 Å². The Morgan fingerprint density at radius 3 is 2.43 bits per heavy atom. The van der Waals surface area contributed by atoms with Crippen molar-refractivity contribution in [2.75, 3.05) is 26.2 Å². The lowest BCUT2D eigenvalue weighted by molar-refractivity contribution is -0.151. The van der Waals surface area contributed by atoms with Gasteiger partial charge in [0.05, 0.1) is 23.7 Å². The van der Waals surface area contributed by atoms with Gasteiger partial charge in [-0.05, 0) is 40.5 Å². The van der Waals surface area contributed by atoms with Gasteiger partial charge in [0.1, 0.15) is 0 Å². The summed E-state index contributed by atoms with van der Waals surface area (Å²) in [5.41, 5.74) is -1.19. The lowest BCUT2D eigenvalue weighted by Gasteiger charge is -2.45. The molecule has 2 aliphatic rings. The van der Waals surface area contributed by atoms with Crippen molar-refractivity contribution in [2.45, 2.75) is 52.2 Å². The van der Waals surface area contributed by atoms with E-state index in [0.29, 0.717) is 26.1 Å². The summed E-state index contributed by atoms with van der Waals surface area (Å²) < 4.78 is 5.81. The highest BCUT2D eigenvalue weighted by atomic mass is 16.5. The van der Waals surface area contributed by atoms with Crippen LogP contribution in [0.15, 0.2) is 0 Å². The molecule has 0 radical (unpaired) electrons. The van der Waals surface area contributed by atoms with Gasteiger partial charge in [-0.15, -0.1) is 0 Å². The molecule has 2 unspecified atom stereocenters. The highest BCUT2D eigenvalue weighted by molar-refractivity contribution is 5.78. The summed E-state index contributed by atoms with van der Waals surface area (Å²) >= 11 is 0. The first-order valence-corrected chi connectivity index (χ1v) is 7.58. The van der Waals surface area contributed by atoms with Crippen molar-refractivity contribution in [3.8, 4) is 0 Å². The zero-order chi connectivity index (χ0) is 15.8. The number of urea groups is 1. The monoisotopic (exact) mass is 298 g/mol. The summed E-state index contributed by atoms with van der Waals surface area (Å²) in [7, 11) is 0. The molecule has 0 spiro atoms. The molecule has 1 N–H and O–H groups in total. The standard InChI is InChI=1S/C15H26N2O4/c1-11-8-17(9-14(2,3)21-11)13(20)16-7-5-6-15(4,10-16)12(18)19/h11H,5-10H2,1-4H3,(H,18,19). The number of aliphatic carboxylic acids is 1. The molecule has 2 saturated heterocycles. The van der Waals surface area contributed by atoms with Crippen LogP contribution in [-0.2, 0) is 9.53 Å². The van der Waals surface area contributed by atoms with Crippen molar-refractivity contribution in [2.24, 2.45) is 5.41 Å². The summed E-state index contributed by atoms with van der Waals surface area (Å²) in [6.45, 7) is 9.64. The molecule has 0 aromatic carbocycles. The first kappa shape index (κ1) is 16.1. The van der Waals surface area contributed by atoms with Crippen LogP contribution in [0.25, 0.3) is 0 Å². The van der Waals surface area contributed by atoms with Gasteiger partial charge < -0.3 is 19.6 Å².